The van der Waals surface area contributed by atoms with E-state index in [1.54, 1.807) is 42.7 Å². The number of carboxylic acids is 1. The van der Waals surface area contributed by atoms with E-state index < -0.39 is 12.1 Å². The Morgan fingerprint density at radius 1 is 0.949 bits per heavy atom. The minimum absolute atomic E-state index is 0.00487. The van der Waals surface area contributed by atoms with Crippen molar-refractivity contribution < 1.29 is 24.5 Å². The van der Waals surface area contributed by atoms with Gasteiger partial charge in [0, 0.05) is 47.9 Å². The van der Waals surface area contributed by atoms with Crippen LogP contribution in [-0.4, -0.2) is 39.7 Å². The van der Waals surface area contributed by atoms with E-state index in [-0.39, 0.29) is 17.5 Å². The highest BCUT2D eigenvalue weighted by Crippen LogP contribution is 2.31. The molecular weight excluding hydrogens is 494 g/mol. The summed E-state index contributed by atoms with van der Waals surface area (Å²) in [7, 11) is 0. The molecule has 0 radical (unpaired) electrons. The topological polar surface area (TPSA) is 121 Å². The quantitative estimate of drug-likeness (QED) is 0.244. The summed E-state index contributed by atoms with van der Waals surface area (Å²) in [5.41, 5.74) is 3.95. The van der Waals surface area contributed by atoms with E-state index in [1.807, 2.05) is 36.4 Å². The lowest BCUT2D eigenvalue weighted by atomic mass is 9.88. The molecule has 0 aliphatic heterocycles. The molecule has 1 amide bonds. The minimum Gasteiger partial charge on any atom is -0.478 e. The van der Waals surface area contributed by atoms with Gasteiger partial charge in [-0.05, 0) is 72.9 Å². The van der Waals surface area contributed by atoms with Crippen LogP contribution in [0.15, 0.2) is 91.3 Å². The molecule has 2 atom stereocenters. The van der Waals surface area contributed by atoms with Crippen molar-refractivity contribution in [3.8, 4) is 11.5 Å². The average molecular weight is 524 g/mol. The zero-order valence-corrected chi connectivity index (χ0v) is 21.2. The Labute approximate surface area is 226 Å². The van der Waals surface area contributed by atoms with Gasteiger partial charge in [-0.25, -0.2) is 4.79 Å². The fourth-order valence-corrected chi connectivity index (χ4v) is 4.72. The van der Waals surface area contributed by atoms with Crippen LogP contribution >= 0.6 is 0 Å². The predicted molar refractivity (Wildman–Crippen MR) is 147 cm³/mol. The summed E-state index contributed by atoms with van der Waals surface area (Å²) in [4.78, 5) is 28.4. The zero-order valence-electron chi connectivity index (χ0n) is 21.2. The van der Waals surface area contributed by atoms with Crippen LogP contribution in [0.3, 0.4) is 0 Å². The van der Waals surface area contributed by atoms with Gasteiger partial charge in [0.1, 0.15) is 11.5 Å². The first kappa shape index (κ1) is 26.1. The van der Waals surface area contributed by atoms with Crippen molar-refractivity contribution in [2.75, 3.05) is 11.9 Å². The molecule has 1 aliphatic rings. The molecule has 0 saturated carbocycles. The van der Waals surface area contributed by atoms with E-state index in [2.05, 4.69) is 15.6 Å². The molecule has 8 heteroatoms. The van der Waals surface area contributed by atoms with Gasteiger partial charge in [-0.2, -0.15) is 0 Å². The molecule has 1 aliphatic carbocycles. The summed E-state index contributed by atoms with van der Waals surface area (Å²) >= 11 is 0. The standard InChI is InChI=1S/C31H29N3O5/c35-29(22-7-4-12-32-18-22)19-33-25-10-8-20-9-11-27(15-23(20)13-25)39-28-16-24(31(37)38)14-26(17-28)34-30(36)21-5-2-1-3-6-21/h1-7,9,11-12,14-18,25,29,33,35H,8,10,13,19H2,(H,34,36)(H,37,38)/t25-,29+/m0/s1. The monoisotopic (exact) mass is 523 g/mol. The van der Waals surface area contributed by atoms with Crippen LogP contribution < -0.4 is 15.4 Å². The van der Waals surface area contributed by atoms with Crippen molar-refractivity contribution in [2.24, 2.45) is 0 Å². The molecule has 0 fully saturated rings. The summed E-state index contributed by atoms with van der Waals surface area (Å²) in [6.07, 6.45) is 5.36. The molecular formula is C31H29N3O5. The van der Waals surface area contributed by atoms with Gasteiger partial charge in [-0.1, -0.05) is 30.3 Å². The number of amides is 1. The number of nitrogens with zero attached hydrogens (tertiary/aromatic N) is 1. The third kappa shape index (κ3) is 6.67. The fourth-order valence-electron chi connectivity index (χ4n) is 4.72. The number of hydrogen-bond donors (Lipinski definition) is 4. The van der Waals surface area contributed by atoms with Crippen LogP contribution in [0.2, 0.25) is 0 Å². The number of aliphatic hydroxyl groups is 1. The Morgan fingerprint density at radius 2 is 1.79 bits per heavy atom. The summed E-state index contributed by atoms with van der Waals surface area (Å²) in [5, 5.41) is 26.3. The van der Waals surface area contributed by atoms with Crippen molar-refractivity contribution in [3.05, 3.63) is 119 Å². The summed E-state index contributed by atoms with van der Waals surface area (Å²) in [5.74, 6) is -0.579. The maximum atomic E-state index is 12.6. The second-order valence-corrected chi connectivity index (χ2v) is 9.55. The number of aryl methyl sites for hydroxylation is 1. The highest BCUT2D eigenvalue weighted by atomic mass is 16.5. The van der Waals surface area contributed by atoms with Crippen LogP contribution in [0.5, 0.6) is 11.5 Å². The number of nitrogens with one attached hydrogen (secondary N) is 2. The molecule has 0 unspecified atom stereocenters. The number of aromatic nitrogens is 1. The SMILES string of the molecule is O=C(O)c1cc(NC(=O)c2ccccc2)cc(Oc2ccc3c(c2)C[C@@H](NC[C@@H](O)c2cccnc2)CC3)c1. The average Bonchev–Trinajstić information content (AvgIpc) is 2.96. The van der Waals surface area contributed by atoms with Crippen LogP contribution in [0.1, 0.15) is 49.9 Å². The molecule has 4 aromatic rings. The third-order valence-corrected chi connectivity index (χ3v) is 6.76. The van der Waals surface area contributed by atoms with Crippen LogP contribution in [0, 0.1) is 0 Å². The molecule has 8 nitrogen and oxygen atoms in total. The number of fused-ring (bicyclic) bond motifs is 1. The Bertz CT molecular complexity index is 1460. The molecule has 3 aromatic carbocycles. The number of carbonyl (C=O) groups excluding carboxylic acids is 1. The van der Waals surface area contributed by atoms with Crippen molar-refractivity contribution >= 4 is 17.6 Å². The maximum absolute atomic E-state index is 12.6. The molecule has 1 aromatic heterocycles. The number of benzene rings is 3. The number of carbonyl (C=O) groups is 2. The first-order valence-corrected chi connectivity index (χ1v) is 12.8. The van der Waals surface area contributed by atoms with Gasteiger partial charge >= 0.3 is 5.97 Å². The molecule has 1 heterocycles. The van der Waals surface area contributed by atoms with Crippen molar-refractivity contribution in [2.45, 2.75) is 31.4 Å². The van der Waals surface area contributed by atoms with E-state index in [4.69, 9.17) is 4.74 Å². The Balaban J connectivity index is 1.27. The molecule has 198 valence electrons. The van der Waals surface area contributed by atoms with Crippen LogP contribution in [0.25, 0.3) is 0 Å². The highest BCUT2D eigenvalue weighted by molar-refractivity contribution is 6.05. The fraction of sp³-hybridized carbons (Fsp3) is 0.194. The lowest BCUT2D eigenvalue weighted by molar-refractivity contribution is 0.0696. The van der Waals surface area contributed by atoms with E-state index in [0.29, 0.717) is 29.3 Å². The van der Waals surface area contributed by atoms with Gasteiger partial charge < -0.3 is 25.6 Å². The van der Waals surface area contributed by atoms with Crippen molar-refractivity contribution in [3.63, 3.8) is 0 Å². The van der Waals surface area contributed by atoms with Crippen molar-refractivity contribution in [1.82, 2.24) is 10.3 Å². The van der Waals surface area contributed by atoms with Crippen molar-refractivity contribution in [1.29, 1.82) is 0 Å². The summed E-state index contributed by atoms with van der Waals surface area (Å²) in [6.45, 7) is 0.432. The van der Waals surface area contributed by atoms with Gasteiger partial charge in [-0.3, -0.25) is 9.78 Å². The number of anilines is 1. The Hall–Kier alpha value is -4.53. The number of aromatic carboxylic acids is 1. The molecule has 0 spiro atoms. The number of ether oxygens (including phenoxy) is 1. The molecule has 39 heavy (non-hydrogen) atoms. The number of pyridine rings is 1. The second kappa shape index (κ2) is 11.9. The summed E-state index contributed by atoms with van der Waals surface area (Å²) in [6, 6.07) is 22.9. The van der Waals surface area contributed by atoms with Gasteiger partial charge in [0.05, 0.1) is 11.7 Å². The Morgan fingerprint density at radius 3 is 2.56 bits per heavy atom. The molecule has 0 bridgehead atoms. The lowest BCUT2D eigenvalue weighted by Gasteiger charge is -2.27. The van der Waals surface area contributed by atoms with E-state index in [9.17, 15) is 19.8 Å². The first-order valence-electron chi connectivity index (χ1n) is 12.8. The molecule has 4 N–H and O–H groups in total. The molecule has 0 saturated heterocycles. The van der Waals surface area contributed by atoms with Gasteiger partial charge in [0.2, 0.25) is 0 Å². The normalized spacial score (nSPS) is 15.2. The van der Waals surface area contributed by atoms with E-state index in [0.717, 1.165) is 30.4 Å². The lowest BCUT2D eigenvalue weighted by Crippen LogP contribution is -2.37. The van der Waals surface area contributed by atoms with Gasteiger partial charge in [-0.15, -0.1) is 0 Å². The Kier molecular flexibility index (Phi) is 7.96. The second-order valence-electron chi connectivity index (χ2n) is 9.55. The molecule has 5 rings (SSSR count). The summed E-state index contributed by atoms with van der Waals surface area (Å²) < 4.78 is 6.07. The van der Waals surface area contributed by atoms with E-state index in [1.165, 1.54) is 17.7 Å². The smallest absolute Gasteiger partial charge is 0.335 e. The first-order chi connectivity index (χ1) is 18.9. The van der Waals surface area contributed by atoms with Gasteiger partial charge in [0.15, 0.2) is 0 Å². The van der Waals surface area contributed by atoms with Crippen LogP contribution in [0.4, 0.5) is 5.69 Å². The predicted octanol–water partition coefficient (Wildman–Crippen LogP) is 5.00. The number of hydrogen-bond acceptors (Lipinski definition) is 6. The largest absolute Gasteiger partial charge is 0.478 e. The zero-order chi connectivity index (χ0) is 27.2. The van der Waals surface area contributed by atoms with Crippen LogP contribution in [-0.2, 0) is 12.8 Å². The third-order valence-electron chi connectivity index (χ3n) is 6.76. The number of aliphatic hydroxyl groups excluding tert-OH is 1. The number of rotatable bonds is 9. The highest BCUT2D eigenvalue weighted by Gasteiger charge is 2.20. The van der Waals surface area contributed by atoms with E-state index >= 15 is 0 Å². The number of carboxylic acid groups (broad SMARTS) is 1. The maximum Gasteiger partial charge on any atom is 0.335 e. The minimum atomic E-state index is -1.12. The van der Waals surface area contributed by atoms with Gasteiger partial charge in [0.25, 0.3) is 5.91 Å².